The standard InChI is InChI=1S/C11H10BrN3O4/c1-18-6-19-8-3-2-7(9(12)5-8)4-10(11(16)17)14-15-13/h2-5H,6H2,1H3,(H,16,17). The lowest BCUT2D eigenvalue weighted by atomic mass is 10.2. The number of rotatable bonds is 6. The highest BCUT2D eigenvalue weighted by Gasteiger charge is 2.07. The zero-order valence-corrected chi connectivity index (χ0v) is 11.5. The van der Waals surface area contributed by atoms with E-state index in [9.17, 15) is 4.79 Å². The van der Waals surface area contributed by atoms with Crippen LogP contribution in [-0.4, -0.2) is 25.0 Å². The minimum atomic E-state index is -1.30. The molecular weight excluding hydrogens is 318 g/mol. The first kappa shape index (κ1) is 15.0. The Bertz CT molecular complexity index is 549. The zero-order chi connectivity index (χ0) is 14.3. The van der Waals surface area contributed by atoms with Crippen LogP contribution in [0.1, 0.15) is 5.56 Å². The molecule has 7 nitrogen and oxygen atoms in total. The molecule has 0 fully saturated rings. The average Bonchev–Trinajstić information content (AvgIpc) is 2.38. The summed E-state index contributed by atoms with van der Waals surface area (Å²) in [5.74, 6) is -0.740. The number of azide groups is 1. The predicted molar refractivity (Wildman–Crippen MR) is 71.4 cm³/mol. The molecule has 1 rings (SSSR count). The third-order valence-corrected chi connectivity index (χ3v) is 2.67. The fourth-order valence-electron chi connectivity index (χ4n) is 1.17. The maximum absolute atomic E-state index is 10.8. The number of halogens is 1. The topological polar surface area (TPSA) is 105 Å². The number of carboxylic acids is 1. The summed E-state index contributed by atoms with van der Waals surface area (Å²) in [7, 11) is 1.51. The normalized spacial score (nSPS) is 10.7. The molecular formula is C11H10BrN3O4. The number of nitrogens with zero attached hydrogens (tertiary/aromatic N) is 3. The van der Waals surface area contributed by atoms with Crippen molar-refractivity contribution in [1.29, 1.82) is 0 Å². The lowest BCUT2D eigenvalue weighted by Crippen LogP contribution is -1.99. The Morgan fingerprint density at radius 3 is 2.89 bits per heavy atom. The Kier molecular flexibility index (Phi) is 5.87. The van der Waals surface area contributed by atoms with Gasteiger partial charge in [-0.05, 0) is 29.3 Å². The summed E-state index contributed by atoms with van der Waals surface area (Å²) >= 11 is 3.27. The van der Waals surface area contributed by atoms with Crippen LogP contribution in [0.15, 0.2) is 33.5 Å². The number of benzene rings is 1. The molecule has 0 saturated carbocycles. The van der Waals surface area contributed by atoms with Crippen LogP contribution in [0.5, 0.6) is 5.75 Å². The summed E-state index contributed by atoms with van der Waals surface area (Å²) in [5, 5.41) is 11.9. The van der Waals surface area contributed by atoms with Gasteiger partial charge in [-0.25, -0.2) is 4.79 Å². The largest absolute Gasteiger partial charge is 0.478 e. The molecule has 100 valence electrons. The van der Waals surface area contributed by atoms with Crippen molar-refractivity contribution >= 4 is 28.0 Å². The number of hydrogen-bond acceptors (Lipinski definition) is 4. The molecule has 0 unspecified atom stereocenters. The number of carbonyl (C=O) groups is 1. The summed E-state index contributed by atoms with van der Waals surface area (Å²) in [4.78, 5) is 13.3. The van der Waals surface area contributed by atoms with Crippen molar-refractivity contribution < 1.29 is 19.4 Å². The first-order valence-corrected chi connectivity index (χ1v) is 5.79. The molecule has 1 aromatic carbocycles. The Morgan fingerprint density at radius 1 is 1.63 bits per heavy atom. The molecule has 1 N–H and O–H groups in total. The van der Waals surface area contributed by atoms with Gasteiger partial charge in [0.25, 0.3) is 0 Å². The monoisotopic (exact) mass is 327 g/mol. The maximum Gasteiger partial charge on any atom is 0.338 e. The van der Waals surface area contributed by atoms with Gasteiger partial charge in [0, 0.05) is 16.5 Å². The minimum Gasteiger partial charge on any atom is -0.478 e. The maximum atomic E-state index is 10.8. The van der Waals surface area contributed by atoms with Crippen molar-refractivity contribution in [3.8, 4) is 5.75 Å². The summed E-state index contributed by atoms with van der Waals surface area (Å²) in [6, 6.07) is 4.93. The molecule has 1 aromatic rings. The van der Waals surface area contributed by atoms with Crippen molar-refractivity contribution in [2.24, 2.45) is 5.11 Å². The molecule has 0 radical (unpaired) electrons. The van der Waals surface area contributed by atoms with Gasteiger partial charge in [-0.2, -0.15) is 0 Å². The van der Waals surface area contributed by atoms with E-state index >= 15 is 0 Å². The lowest BCUT2D eigenvalue weighted by molar-refractivity contribution is -0.132. The van der Waals surface area contributed by atoms with E-state index in [1.807, 2.05) is 0 Å². The second-order valence-corrected chi connectivity index (χ2v) is 4.11. The Morgan fingerprint density at radius 2 is 2.37 bits per heavy atom. The summed E-state index contributed by atoms with van der Waals surface area (Å²) < 4.78 is 10.6. The number of aliphatic carboxylic acids is 1. The molecule has 0 spiro atoms. The molecule has 0 bridgehead atoms. The highest BCUT2D eigenvalue weighted by molar-refractivity contribution is 9.10. The fraction of sp³-hybridized carbons (Fsp3) is 0.182. The van der Waals surface area contributed by atoms with Gasteiger partial charge in [0.05, 0.1) is 0 Å². The molecule has 0 saturated heterocycles. The van der Waals surface area contributed by atoms with E-state index in [0.717, 1.165) is 0 Å². The van der Waals surface area contributed by atoms with E-state index in [1.165, 1.54) is 13.2 Å². The first-order valence-electron chi connectivity index (χ1n) is 5.00. The van der Waals surface area contributed by atoms with E-state index in [0.29, 0.717) is 15.8 Å². The van der Waals surface area contributed by atoms with Gasteiger partial charge < -0.3 is 14.6 Å². The van der Waals surface area contributed by atoms with Gasteiger partial charge in [-0.3, -0.25) is 0 Å². The second kappa shape index (κ2) is 7.42. The van der Waals surface area contributed by atoms with E-state index in [2.05, 4.69) is 26.0 Å². The van der Waals surface area contributed by atoms with Gasteiger partial charge in [0.15, 0.2) is 6.79 Å². The highest BCUT2D eigenvalue weighted by atomic mass is 79.9. The van der Waals surface area contributed by atoms with Crippen LogP contribution in [0.2, 0.25) is 0 Å². The first-order chi connectivity index (χ1) is 9.08. The van der Waals surface area contributed by atoms with Gasteiger partial charge >= 0.3 is 5.97 Å². The molecule has 0 heterocycles. The van der Waals surface area contributed by atoms with E-state index in [4.69, 9.17) is 20.1 Å². The molecule has 0 atom stereocenters. The van der Waals surface area contributed by atoms with Crippen LogP contribution in [0, 0.1) is 0 Å². The van der Waals surface area contributed by atoms with Crippen LogP contribution in [-0.2, 0) is 9.53 Å². The summed E-state index contributed by atoms with van der Waals surface area (Å²) in [6.07, 6.45) is 1.26. The predicted octanol–water partition coefficient (Wildman–Crippen LogP) is 3.17. The zero-order valence-electron chi connectivity index (χ0n) is 9.91. The van der Waals surface area contributed by atoms with Crippen LogP contribution in [0.3, 0.4) is 0 Å². The van der Waals surface area contributed by atoms with Crippen molar-refractivity contribution in [3.63, 3.8) is 0 Å². The van der Waals surface area contributed by atoms with E-state index in [1.54, 1.807) is 18.2 Å². The quantitative estimate of drug-likeness (QED) is 0.285. The van der Waals surface area contributed by atoms with Gasteiger partial charge in [0.1, 0.15) is 11.4 Å². The average molecular weight is 328 g/mol. The van der Waals surface area contributed by atoms with Crippen molar-refractivity contribution in [2.75, 3.05) is 13.9 Å². The van der Waals surface area contributed by atoms with Crippen LogP contribution in [0.4, 0.5) is 0 Å². The van der Waals surface area contributed by atoms with Gasteiger partial charge in [0.2, 0.25) is 0 Å². The van der Waals surface area contributed by atoms with Crippen molar-refractivity contribution in [1.82, 2.24) is 0 Å². The molecule has 0 aromatic heterocycles. The molecule has 0 amide bonds. The third-order valence-electron chi connectivity index (χ3n) is 1.98. The summed E-state index contributed by atoms with van der Waals surface area (Å²) in [6.45, 7) is 0.112. The van der Waals surface area contributed by atoms with Crippen LogP contribution in [0.25, 0.3) is 16.5 Å². The third kappa shape index (κ3) is 4.63. The molecule has 0 aliphatic carbocycles. The van der Waals surface area contributed by atoms with Crippen molar-refractivity contribution in [3.05, 3.63) is 44.4 Å². The molecule has 19 heavy (non-hydrogen) atoms. The fourth-order valence-corrected chi connectivity index (χ4v) is 1.64. The molecule has 0 aliphatic heterocycles. The van der Waals surface area contributed by atoms with E-state index < -0.39 is 11.7 Å². The number of ether oxygens (including phenoxy) is 2. The van der Waals surface area contributed by atoms with E-state index in [-0.39, 0.29) is 6.79 Å². The lowest BCUT2D eigenvalue weighted by Gasteiger charge is -2.06. The Hall–Kier alpha value is -2.02. The SMILES string of the molecule is COCOc1ccc(C=C(N=[N+]=[N-])C(=O)O)c(Br)c1. The van der Waals surface area contributed by atoms with Gasteiger partial charge in [-0.15, -0.1) is 0 Å². The Balaban J connectivity index is 3.04. The van der Waals surface area contributed by atoms with Crippen LogP contribution >= 0.6 is 15.9 Å². The Labute approximate surface area is 117 Å². The highest BCUT2D eigenvalue weighted by Crippen LogP contribution is 2.25. The number of hydrogen-bond donors (Lipinski definition) is 1. The van der Waals surface area contributed by atoms with Gasteiger partial charge in [-0.1, -0.05) is 27.1 Å². The van der Waals surface area contributed by atoms with Crippen molar-refractivity contribution in [2.45, 2.75) is 0 Å². The summed E-state index contributed by atoms with van der Waals surface area (Å²) in [5.41, 5.74) is 8.44. The van der Waals surface area contributed by atoms with Crippen LogP contribution < -0.4 is 4.74 Å². The molecule has 0 aliphatic rings. The number of carboxylic acid groups (broad SMARTS) is 1. The minimum absolute atomic E-state index is 0.112. The number of methoxy groups -OCH3 is 1. The molecule has 8 heteroatoms. The second-order valence-electron chi connectivity index (χ2n) is 3.26. The smallest absolute Gasteiger partial charge is 0.338 e.